The molecule has 1 N–H and O–H groups in total. The first-order chi connectivity index (χ1) is 8.45. The maximum atomic E-state index is 4.20. The van der Waals surface area contributed by atoms with E-state index in [1.807, 2.05) is 17.9 Å². The van der Waals surface area contributed by atoms with Gasteiger partial charge in [-0.25, -0.2) is 0 Å². The van der Waals surface area contributed by atoms with Gasteiger partial charge in [0.05, 0.1) is 0 Å². The van der Waals surface area contributed by atoms with Gasteiger partial charge in [-0.1, -0.05) is 34.1 Å². The number of aromatic nitrogens is 2. The Morgan fingerprint density at radius 3 is 2.56 bits per heavy atom. The third-order valence-corrected chi connectivity index (χ3v) is 3.59. The van der Waals surface area contributed by atoms with Gasteiger partial charge in [-0.15, -0.1) is 0 Å². The predicted molar refractivity (Wildman–Crippen MR) is 77.7 cm³/mol. The Morgan fingerprint density at radius 2 is 2.06 bits per heavy atom. The molecular formula is C15H29N3. The lowest BCUT2D eigenvalue weighted by molar-refractivity contribution is 0.253. The molecule has 1 aromatic rings. The molecule has 0 spiro atoms. The lowest BCUT2D eigenvalue weighted by atomic mass is 9.83. The van der Waals surface area contributed by atoms with E-state index in [9.17, 15) is 0 Å². The highest BCUT2D eigenvalue weighted by atomic mass is 15.2. The van der Waals surface area contributed by atoms with E-state index in [2.05, 4.69) is 44.2 Å². The summed E-state index contributed by atoms with van der Waals surface area (Å²) in [5.74, 6) is 0. The van der Waals surface area contributed by atoms with Crippen LogP contribution in [-0.4, -0.2) is 22.4 Å². The van der Waals surface area contributed by atoms with Crippen LogP contribution >= 0.6 is 0 Å². The first-order valence-electron chi connectivity index (χ1n) is 7.15. The van der Waals surface area contributed by atoms with Gasteiger partial charge in [0.25, 0.3) is 0 Å². The first-order valence-corrected chi connectivity index (χ1v) is 7.15. The average Bonchev–Trinajstić information content (AvgIpc) is 2.67. The van der Waals surface area contributed by atoms with Crippen LogP contribution < -0.4 is 5.32 Å². The van der Waals surface area contributed by atoms with E-state index in [1.54, 1.807) is 0 Å². The van der Waals surface area contributed by atoms with Crippen molar-refractivity contribution in [2.75, 3.05) is 6.54 Å². The SMILES string of the molecule is CCNC(CCCCc1ccnn1C)C(C)(C)C. The lowest BCUT2D eigenvalue weighted by Crippen LogP contribution is -2.40. The van der Waals surface area contributed by atoms with Crippen LogP contribution in [0, 0.1) is 5.41 Å². The number of hydrogen-bond donors (Lipinski definition) is 1. The highest BCUT2D eigenvalue weighted by Gasteiger charge is 2.22. The van der Waals surface area contributed by atoms with Crippen LogP contribution in [0.25, 0.3) is 0 Å². The molecule has 0 aromatic carbocycles. The summed E-state index contributed by atoms with van der Waals surface area (Å²) in [4.78, 5) is 0. The van der Waals surface area contributed by atoms with Crippen molar-refractivity contribution in [2.24, 2.45) is 12.5 Å². The van der Waals surface area contributed by atoms with Crippen LogP contribution in [0.15, 0.2) is 12.3 Å². The maximum Gasteiger partial charge on any atom is 0.0492 e. The Bertz CT molecular complexity index is 336. The van der Waals surface area contributed by atoms with Crippen molar-refractivity contribution in [3.8, 4) is 0 Å². The van der Waals surface area contributed by atoms with Gasteiger partial charge in [0.1, 0.15) is 0 Å². The summed E-state index contributed by atoms with van der Waals surface area (Å²) in [7, 11) is 2.02. The van der Waals surface area contributed by atoms with E-state index in [0.29, 0.717) is 11.5 Å². The molecule has 3 heteroatoms. The molecule has 0 aliphatic carbocycles. The third kappa shape index (κ3) is 4.81. The summed E-state index contributed by atoms with van der Waals surface area (Å²) in [6, 6.07) is 2.74. The summed E-state index contributed by atoms with van der Waals surface area (Å²) in [6.45, 7) is 10.2. The minimum absolute atomic E-state index is 0.350. The topological polar surface area (TPSA) is 29.9 Å². The lowest BCUT2D eigenvalue weighted by Gasteiger charge is -2.31. The van der Waals surface area contributed by atoms with Gasteiger partial charge < -0.3 is 5.32 Å². The first kappa shape index (κ1) is 15.2. The van der Waals surface area contributed by atoms with Gasteiger partial charge in [0.15, 0.2) is 0 Å². The largest absolute Gasteiger partial charge is 0.314 e. The zero-order valence-electron chi connectivity index (χ0n) is 12.7. The zero-order chi connectivity index (χ0) is 13.6. The fourth-order valence-corrected chi connectivity index (χ4v) is 2.39. The molecule has 0 bridgehead atoms. The molecule has 0 fully saturated rings. The fraction of sp³-hybridized carbons (Fsp3) is 0.800. The van der Waals surface area contributed by atoms with Crippen molar-refractivity contribution in [3.63, 3.8) is 0 Å². The van der Waals surface area contributed by atoms with Crippen LogP contribution in [0.3, 0.4) is 0 Å². The standard InChI is InChI=1S/C15H29N3/c1-6-16-14(15(2,3)4)10-8-7-9-13-11-12-17-18(13)5/h11-12,14,16H,6-10H2,1-5H3. The Morgan fingerprint density at radius 1 is 1.33 bits per heavy atom. The van der Waals surface area contributed by atoms with Crippen LogP contribution in [0.4, 0.5) is 0 Å². The summed E-state index contributed by atoms with van der Waals surface area (Å²) in [6.07, 6.45) is 6.80. The maximum absolute atomic E-state index is 4.20. The van der Waals surface area contributed by atoms with E-state index in [0.717, 1.165) is 13.0 Å². The molecule has 1 heterocycles. The highest BCUT2D eigenvalue weighted by molar-refractivity contribution is 4.99. The summed E-state index contributed by atoms with van der Waals surface area (Å²) in [5, 5.41) is 7.81. The number of nitrogens with zero attached hydrogens (tertiary/aromatic N) is 2. The van der Waals surface area contributed by atoms with Crippen molar-refractivity contribution in [1.82, 2.24) is 15.1 Å². The molecule has 18 heavy (non-hydrogen) atoms. The minimum atomic E-state index is 0.350. The molecule has 0 amide bonds. The van der Waals surface area contributed by atoms with Crippen molar-refractivity contribution in [2.45, 2.75) is 59.4 Å². The monoisotopic (exact) mass is 251 g/mol. The van der Waals surface area contributed by atoms with Crippen LogP contribution in [0.1, 0.15) is 52.7 Å². The van der Waals surface area contributed by atoms with Crippen molar-refractivity contribution >= 4 is 0 Å². The van der Waals surface area contributed by atoms with E-state index in [1.165, 1.54) is 25.0 Å². The van der Waals surface area contributed by atoms with Gasteiger partial charge in [0.2, 0.25) is 0 Å². The molecule has 3 nitrogen and oxygen atoms in total. The normalized spacial score (nSPS) is 13.8. The Hall–Kier alpha value is -0.830. The molecule has 0 aliphatic rings. The second-order valence-electron chi connectivity index (χ2n) is 6.17. The second kappa shape index (κ2) is 6.93. The molecular weight excluding hydrogens is 222 g/mol. The number of unbranched alkanes of at least 4 members (excludes halogenated alkanes) is 1. The Labute approximate surface area is 112 Å². The molecule has 1 rings (SSSR count). The second-order valence-corrected chi connectivity index (χ2v) is 6.17. The molecule has 1 unspecified atom stereocenters. The molecule has 1 atom stereocenters. The number of aryl methyl sites for hydroxylation is 2. The van der Waals surface area contributed by atoms with Gasteiger partial charge in [-0.2, -0.15) is 5.10 Å². The average molecular weight is 251 g/mol. The quantitative estimate of drug-likeness (QED) is 0.754. The van der Waals surface area contributed by atoms with Crippen molar-refractivity contribution < 1.29 is 0 Å². The zero-order valence-corrected chi connectivity index (χ0v) is 12.7. The predicted octanol–water partition coefficient (Wildman–Crippen LogP) is 3.16. The fourth-order valence-electron chi connectivity index (χ4n) is 2.39. The summed E-state index contributed by atoms with van der Waals surface area (Å²) >= 11 is 0. The van der Waals surface area contributed by atoms with E-state index < -0.39 is 0 Å². The van der Waals surface area contributed by atoms with Crippen LogP contribution in [-0.2, 0) is 13.5 Å². The Kier molecular flexibility index (Phi) is 5.86. The van der Waals surface area contributed by atoms with Gasteiger partial charge in [-0.3, -0.25) is 4.68 Å². The molecule has 0 aliphatic heterocycles. The Balaban J connectivity index is 2.29. The molecule has 0 saturated heterocycles. The van der Waals surface area contributed by atoms with E-state index >= 15 is 0 Å². The summed E-state index contributed by atoms with van der Waals surface area (Å²) in [5.41, 5.74) is 1.69. The van der Waals surface area contributed by atoms with Crippen LogP contribution in [0.5, 0.6) is 0 Å². The van der Waals surface area contributed by atoms with E-state index in [-0.39, 0.29) is 0 Å². The highest BCUT2D eigenvalue weighted by Crippen LogP contribution is 2.23. The van der Waals surface area contributed by atoms with E-state index in [4.69, 9.17) is 0 Å². The smallest absolute Gasteiger partial charge is 0.0492 e. The number of nitrogens with one attached hydrogen (secondary N) is 1. The van der Waals surface area contributed by atoms with Crippen molar-refractivity contribution in [1.29, 1.82) is 0 Å². The van der Waals surface area contributed by atoms with Gasteiger partial charge >= 0.3 is 0 Å². The van der Waals surface area contributed by atoms with Gasteiger partial charge in [-0.05, 0) is 37.3 Å². The third-order valence-electron chi connectivity index (χ3n) is 3.59. The minimum Gasteiger partial charge on any atom is -0.314 e. The van der Waals surface area contributed by atoms with Crippen LogP contribution in [0.2, 0.25) is 0 Å². The van der Waals surface area contributed by atoms with Gasteiger partial charge in [0, 0.05) is 25.0 Å². The summed E-state index contributed by atoms with van der Waals surface area (Å²) < 4.78 is 1.98. The molecule has 104 valence electrons. The molecule has 0 radical (unpaired) electrons. The molecule has 1 aromatic heterocycles. The molecule has 0 saturated carbocycles. The number of hydrogen-bond acceptors (Lipinski definition) is 2. The van der Waals surface area contributed by atoms with Crippen molar-refractivity contribution in [3.05, 3.63) is 18.0 Å². The number of rotatable bonds is 7.